The van der Waals surface area contributed by atoms with Crippen LogP contribution in [0.15, 0.2) is 71.3 Å². The number of carbonyl (C=O) groups is 2. The summed E-state index contributed by atoms with van der Waals surface area (Å²) in [5, 5.41) is 7.01. The largest absolute Gasteiger partial charge is 0.488 e. The predicted octanol–water partition coefficient (Wildman–Crippen LogP) is 6.66. The molecular weight excluding hydrogens is 464 g/mol. The van der Waals surface area contributed by atoms with Gasteiger partial charge in [0.05, 0.1) is 11.1 Å². The molecule has 0 aliphatic rings. The minimum absolute atomic E-state index is 0.190. The van der Waals surface area contributed by atoms with Crippen LogP contribution < -0.4 is 10.1 Å². The minimum Gasteiger partial charge on any atom is -0.488 e. The lowest BCUT2D eigenvalue weighted by atomic mass is 9.92. The second-order valence-electron chi connectivity index (χ2n) is 9.48. The number of aromatic nitrogens is 1. The van der Waals surface area contributed by atoms with Gasteiger partial charge in [0.15, 0.2) is 11.5 Å². The highest BCUT2D eigenvalue weighted by Crippen LogP contribution is 2.41. The maximum absolute atomic E-state index is 12.9. The number of hydrogen-bond donors (Lipinski definition) is 1. The van der Waals surface area contributed by atoms with Crippen LogP contribution in [-0.2, 0) is 13.0 Å². The monoisotopic (exact) mass is 496 g/mol. The van der Waals surface area contributed by atoms with Gasteiger partial charge in [-0.2, -0.15) is 0 Å². The van der Waals surface area contributed by atoms with E-state index in [1.807, 2.05) is 43.3 Å². The van der Waals surface area contributed by atoms with Gasteiger partial charge in [-0.15, -0.1) is 0 Å². The van der Waals surface area contributed by atoms with Crippen molar-refractivity contribution in [2.45, 2.75) is 40.7 Å². The van der Waals surface area contributed by atoms with E-state index in [4.69, 9.17) is 9.26 Å². The molecule has 0 radical (unpaired) electrons. The van der Waals surface area contributed by atoms with Crippen LogP contribution in [0.1, 0.15) is 58.3 Å². The van der Waals surface area contributed by atoms with E-state index in [2.05, 4.69) is 37.3 Å². The number of nitrogens with one attached hydrogen (secondary N) is 1. The molecule has 3 aromatic carbocycles. The number of benzene rings is 3. The summed E-state index contributed by atoms with van der Waals surface area (Å²) in [6.45, 7) is 9.14. The number of hydrogen-bond acceptors (Lipinski definition) is 5. The Hall–Kier alpha value is -4.19. The lowest BCUT2D eigenvalue weighted by Gasteiger charge is -2.16. The third kappa shape index (κ3) is 5.97. The first kappa shape index (κ1) is 25.9. The van der Waals surface area contributed by atoms with Crippen molar-refractivity contribution in [2.24, 2.45) is 5.92 Å². The van der Waals surface area contributed by atoms with Gasteiger partial charge in [0.2, 0.25) is 0 Å². The number of ether oxygens (including phenoxy) is 1. The molecule has 0 atom stereocenters. The fraction of sp³-hybridized carbons (Fsp3) is 0.258. The van der Waals surface area contributed by atoms with Crippen LogP contribution in [-0.4, -0.2) is 23.9 Å². The molecule has 0 spiro atoms. The van der Waals surface area contributed by atoms with Gasteiger partial charge in [-0.3, -0.25) is 9.59 Å². The Morgan fingerprint density at radius 3 is 2.46 bits per heavy atom. The van der Waals surface area contributed by atoms with Gasteiger partial charge in [-0.1, -0.05) is 73.6 Å². The molecular formula is C31H32N2O4. The van der Waals surface area contributed by atoms with Crippen LogP contribution in [0.5, 0.6) is 5.75 Å². The number of aryl methyl sites for hydroxylation is 1. The zero-order valence-electron chi connectivity index (χ0n) is 21.7. The zero-order valence-corrected chi connectivity index (χ0v) is 21.7. The average Bonchev–Trinajstić information content (AvgIpc) is 3.34. The summed E-state index contributed by atoms with van der Waals surface area (Å²) in [6.07, 6.45) is 1.68. The number of rotatable bonds is 10. The van der Waals surface area contributed by atoms with E-state index >= 15 is 0 Å². The first-order valence-corrected chi connectivity index (χ1v) is 12.5. The summed E-state index contributed by atoms with van der Waals surface area (Å²) >= 11 is 0. The molecule has 0 fully saturated rings. The Morgan fingerprint density at radius 1 is 1.08 bits per heavy atom. The van der Waals surface area contributed by atoms with E-state index in [1.54, 1.807) is 24.3 Å². The van der Waals surface area contributed by atoms with Gasteiger partial charge in [-0.05, 0) is 60.6 Å². The molecule has 0 saturated carbocycles. The summed E-state index contributed by atoms with van der Waals surface area (Å²) in [7, 11) is 0. The van der Waals surface area contributed by atoms with E-state index in [0.717, 1.165) is 35.0 Å². The third-order valence-electron chi connectivity index (χ3n) is 6.13. The Labute approximate surface area is 217 Å². The molecule has 0 bridgehead atoms. The summed E-state index contributed by atoms with van der Waals surface area (Å²) in [5.74, 6) is 1.23. The standard InChI is InChI=1S/C31H32N2O4/c1-5-32-31(35)29-28(24-13-11-22(18-34)12-14-24)30(37-33-29)26-17-25(15-20(2)3)21(4)16-27(26)36-19-23-9-7-6-8-10-23/h6-14,16-18,20H,5,15,19H2,1-4H3,(H,32,35). The second kappa shape index (κ2) is 11.7. The molecule has 6 heteroatoms. The minimum atomic E-state index is -0.326. The molecule has 190 valence electrons. The predicted molar refractivity (Wildman–Crippen MR) is 145 cm³/mol. The number of carbonyl (C=O) groups excluding carboxylic acids is 2. The number of amides is 1. The molecule has 37 heavy (non-hydrogen) atoms. The maximum Gasteiger partial charge on any atom is 0.274 e. The second-order valence-corrected chi connectivity index (χ2v) is 9.48. The quantitative estimate of drug-likeness (QED) is 0.248. The Balaban J connectivity index is 1.89. The third-order valence-corrected chi connectivity index (χ3v) is 6.13. The molecule has 0 unspecified atom stereocenters. The highest BCUT2D eigenvalue weighted by Gasteiger charge is 2.27. The maximum atomic E-state index is 12.9. The summed E-state index contributed by atoms with van der Waals surface area (Å²) in [5.41, 5.74) is 6.10. The Kier molecular flexibility index (Phi) is 8.18. The Bertz CT molecular complexity index is 1370. The van der Waals surface area contributed by atoms with Gasteiger partial charge in [0.1, 0.15) is 18.6 Å². The topological polar surface area (TPSA) is 81.4 Å². The van der Waals surface area contributed by atoms with Gasteiger partial charge < -0.3 is 14.6 Å². The smallest absolute Gasteiger partial charge is 0.274 e. The van der Waals surface area contributed by atoms with Crippen molar-refractivity contribution >= 4 is 12.2 Å². The zero-order chi connectivity index (χ0) is 26.4. The summed E-state index contributed by atoms with van der Waals surface area (Å²) in [4.78, 5) is 24.2. The van der Waals surface area contributed by atoms with Crippen molar-refractivity contribution < 1.29 is 18.8 Å². The first-order chi connectivity index (χ1) is 17.9. The highest BCUT2D eigenvalue weighted by molar-refractivity contribution is 6.02. The molecule has 0 saturated heterocycles. The highest BCUT2D eigenvalue weighted by atomic mass is 16.5. The molecule has 1 N–H and O–H groups in total. The summed E-state index contributed by atoms with van der Waals surface area (Å²) in [6, 6.07) is 21.1. The van der Waals surface area contributed by atoms with Crippen LogP contribution in [0.25, 0.3) is 22.5 Å². The van der Waals surface area contributed by atoms with Crippen LogP contribution in [0.3, 0.4) is 0 Å². The molecule has 6 nitrogen and oxygen atoms in total. The van der Waals surface area contributed by atoms with Crippen LogP contribution in [0.2, 0.25) is 0 Å². The van der Waals surface area contributed by atoms with E-state index in [1.165, 1.54) is 5.56 Å². The van der Waals surface area contributed by atoms with Crippen molar-refractivity contribution in [3.63, 3.8) is 0 Å². The van der Waals surface area contributed by atoms with Crippen LogP contribution in [0.4, 0.5) is 0 Å². The molecule has 0 aliphatic heterocycles. The van der Waals surface area contributed by atoms with E-state index in [-0.39, 0.29) is 11.6 Å². The Morgan fingerprint density at radius 2 is 1.81 bits per heavy atom. The molecule has 1 aromatic heterocycles. The van der Waals surface area contributed by atoms with Crippen molar-refractivity contribution in [1.29, 1.82) is 0 Å². The molecule has 1 heterocycles. The summed E-state index contributed by atoms with van der Waals surface area (Å²) < 4.78 is 12.2. The SMILES string of the molecule is CCNC(=O)c1noc(-c2cc(CC(C)C)c(C)cc2OCc2ccccc2)c1-c1ccc(C=O)cc1. The van der Waals surface area contributed by atoms with Gasteiger partial charge in [0.25, 0.3) is 5.91 Å². The van der Waals surface area contributed by atoms with Crippen LogP contribution >= 0.6 is 0 Å². The van der Waals surface area contributed by atoms with Crippen molar-refractivity contribution in [3.8, 4) is 28.2 Å². The van der Waals surface area contributed by atoms with E-state index in [0.29, 0.717) is 41.7 Å². The van der Waals surface area contributed by atoms with Gasteiger partial charge in [-0.25, -0.2) is 0 Å². The van der Waals surface area contributed by atoms with Crippen molar-refractivity contribution in [1.82, 2.24) is 10.5 Å². The van der Waals surface area contributed by atoms with Gasteiger partial charge in [0, 0.05) is 12.1 Å². The molecule has 1 amide bonds. The van der Waals surface area contributed by atoms with Crippen LogP contribution in [0, 0.1) is 12.8 Å². The fourth-order valence-corrected chi connectivity index (χ4v) is 4.29. The average molecular weight is 497 g/mol. The van der Waals surface area contributed by atoms with E-state index < -0.39 is 0 Å². The molecule has 4 aromatic rings. The van der Waals surface area contributed by atoms with Crippen molar-refractivity contribution in [3.05, 3.63) is 94.7 Å². The number of nitrogens with zero attached hydrogens (tertiary/aromatic N) is 1. The normalized spacial score (nSPS) is 10.9. The molecule has 4 rings (SSSR count). The first-order valence-electron chi connectivity index (χ1n) is 12.5. The molecule has 0 aliphatic carbocycles. The fourth-order valence-electron chi connectivity index (χ4n) is 4.29. The lowest BCUT2D eigenvalue weighted by molar-refractivity contribution is 0.0947. The number of aldehydes is 1. The van der Waals surface area contributed by atoms with Crippen molar-refractivity contribution in [2.75, 3.05) is 6.54 Å². The van der Waals surface area contributed by atoms with Gasteiger partial charge >= 0.3 is 0 Å². The lowest BCUT2D eigenvalue weighted by Crippen LogP contribution is -2.23. The van der Waals surface area contributed by atoms with E-state index in [9.17, 15) is 9.59 Å².